The van der Waals surface area contributed by atoms with Gasteiger partial charge >= 0.3 is 0 Å². The molecule has 16 heavy (non-hydrogen) atoms. The Morgan fingerprint density at radius 2 is 1.94 bits per heavy atom. The van der Waals surface area contributed by atoms with E-state index in [1.54, 1.807) is 6.33 Å². The highest BCUT2D eigenvalue weighted by molar-refractivity contribution is 5.45. The highest BCUT2D eigenvalue weighted by Gasteiger charge is 2.16. The Balaban J connectivity index is 2.53. The van der Waals surface area contributed by atoms with Crippen LogP contribution < -0.4 is 10.6 Å². The predicted molar refractivity (Wildman–Crippen MR) is 68.8 cm³/mol. The quantitative estimate of drug-likeness (QED) is 0.777. The van der Waals surface area contributed by atoms with Crippen LogP contribution in [0.25, 0.3) is 0 Å². The monoisotopic (exact) mass is 222 g/mol. The van der Waals surface area contributed by atoms with Crippen molar-refractivity contribution >= 4 is 11.6 Å². The lowest BCUT2D eigenvalue weighted by atomic mass is 9.88. The number of hydrogen-bond donors (Lipinski definition) is 2. The molecule has 0 bridgehead atoms. The second kappa shape index (κ2) is 5.68. The molecule has 4 nitrogen and oxygen atoms in total. The van der Waals surface area contributed by atoms with Crippen molar-refractivity contribution in [3.63, 3.8) is 0 Å². The summed E-state index contributed by atoms with van der Waals surface area (Å²) in [5.41, 5.74) is 0.305. The number of rotatable bonds is 6. The number of nitrogens with zero attached hydrogens (tertiary/aromatic N) is 2. The van der Waals surface area contributed by atoms with E-state index in [0.717, 1.165) is 18.2 Å². The summed E-state index contributed by atoms with van der Waals surface area (Å²) in [5.74, 6) is 1.72. The lowest BCUT2D eigenvalue weighted by molar-refractivity contribution is 0.354. The number of hydrogen-bond acceptors (Lipinski definition) is 4. The average Bonchev–Trinajstić information content (AvgIpc) is 2.27. The van der Waals surface area contributed by atoms with E-state index >= 15 is 0 Å². The van der Waals surface area contributed by atoms with Gasteiger partial charge in [0, 0.05) is 19.7 Å². The molecule has 0 radical (unpaired) electrons. The molecule has 90 valence electrons. The Kier molecular flexibility index (Phi) is 4.52. The maximum Gasteiger partial charge on any atom is 0.131 e. The SMILES string of the molecule is CCCC(C)(C)CNc1cc(NC)ncn1. The lowest BCUT2D eigenvalue weighted by Crippen LogP contribution is -2.23. The first-order chi connectivity index (χ1) is 7.57. The summed E-state index contributed by atoms with van der Waals surface area (Å²) in [6.45, 7) is 7.68. The normalized spacial score (nSPS) is 11.2. The van der Waals surface area contributed by atoms with Gasteiger partial charge in [0.25, 0.3) is 0 Å². The van der Waals surface area contributed by atoms with E-state index in [1.165, 1.54) is 12.8 Å². The molecule has 0 aliphatic heterocycles. The van der Waals surface area contributed by atoms with Crippen LogP contribution in [-0.2, 0) is 0 Å². The van der Waals surface area contributed by atoms with Crippen LogP contribution in [0, 0.1) is 5.41 Å². The molecule has 1 aromatic heterocycles. The fourth-order valence-corrected chi connectivity index (χ4v) is 1.69. The fraction of sp³-hybridized carbons (Fsp3) is 0.667. The zero-order valence-electron chi connectivity index (χ0n) is 10.7. The lowest BCUT2D eigenvalue weighted by Gasteiger charge is -2.24. The molecule has 0 atom stereocenters. The van der Waals surface area contributed by atoms with Gasteiger partial charge < -0.3 is 10.6 Å². The molecule has 4 heteroatoms. The van der Waals surface area contributed by atoms with Gasteiger partial charge in [0.05, 0.1) is 0 Å². The Labute approximate surface area is 97.9 Å². The van der Waals surface area contributed by atoms with Crippen LogP contribution in [0.2, 0.25) is 0 Å². The molecule has 0 saturated carbocycles. The first-order valence-corrected chi connectivity index (χ1v) is 5.81. The smallest absolute Gasteiger partial charge is 0.131 e. The summed E-state index contributed by atoms with van der Waals surface area (Å²) in [6, 6.07) is 1.92. The van der Waals surface area contributed by atoms with Gasteiger partial charge in [0.15, 0.2) is 0 Å². The van der Waals surface area contributed by atoms with Crippen molar-refractivity contribution in [2.75, 3.05) is 24.2 Å². The standard InChI is InChI=1S/C12H22N4/c1-5-6-12(2,3)8-14-11-7-10(13-4)15-9-16-11/h7,9H,5-6,8H2,1-4H3,(H2,13,14,15,16). The van der Waals surface area contributed by atoms with Gasteiger partial charge in [-0.15, -0.1) is 0 Å². The first-order valence-electron chi connectivity index (χ1n) is 5.81. The van der Waals surface area contributed by atoms with Crippen molar-refractivity contribution in [2.45, 2.75) is 33.6 Å². The summed E-state index contributed by atoms with van der Waals surface area (Å²) in [4.78, 5) is 8.26. The zero-order chi connectivity index (χ0) is 12.0. The van der Waals surface area contributed by atoms with Crippen molar-refractivity contribution in [2.24, 2.45) is 5.41 Å². The fourth-order valence-electron chi connectivity index (χ4n) is 1.69. The van der Waals surface area contributed by atoms with Crippen molar-refractivity contribution in [3.8, 4) is 0 Å². The molecule has 2 N–H and O–H groups in total. The van der Waals surface area contributed by atoms with Gasteiger partial charge in [-0.2, -0.15) is 0 Å². The summed E-state index contributed by atoms with van der Waals surface area (Å²) in [7, 11) is 1.85. The van der Waals surface area contributed by atoms with Crippen molar-refractivity contribution in [1.82, 2.24) is 9.97 Å². The minimum Gasteiger partial charge on any atom is -0.373 e. The molecule has 0 aliphatic rings. The summed E-state index contributed by atoms with van der Waals surface area (Å²) in [5, 5.41) is 6.35. The van der Waals surface area contributed by atoms with Crippen LogP contribution >= 0.6 is 0 Å². The third-order valence-corrected chi connectivity index (χ3v) is 2.60. The molecule has 0 amide bonds. The number of aromatic nitrogens is 2. The highest BCUT2D eigenvalue weighted by Crippen LogP contribution is 2.22. The summed E-state index contributed by atoms with van der Waals surface area (Å²) < 4.78 is 0. The molecule has 1 heterocycles. The van der Waals surface area contributed by atoms with Gasteiger partial charge in [-0.1, -0.05) is 27.2 Å². The Morgan fingerprint density at radius 3 is 2.56 bits per heavy atom. The second-order valence-corrected chi connectivity index (χ2v) is 4.81. The zero-order valence-corrected chi connectivity index (χ0v) is 10.7. The maximum atomic E-state index is 4.19. The van der Waals surface area contributed by atoms with Gasteiger partial charge in [0.2, 0.25) is 0 Å². The largest absolute Gasteiger partial charge is 0.373 e. The third-order valence-electron chi connectivity index (χ3n) is 2.60. The summed E-state index contributed by atoms with van der Waals surface area (Å²) >= 11 is 0. The van der Waals surface area contributed by atoms with E-state index in [1.807, 2.05) is 13.1 Å². The topological polar surface area (TPSA) is 49.8 Å². The van der Waals surface area contributed by atoms with Crippen molar-refractivity contribution in [3.05, 3.63) is 12.4 Å². The van der Waals surface area contributed by atoms with Crippen LogP contribution in [0.1, 0.15) is 33.6 Å². The molecule has 0 fully saturated rings. The van der Waals surface area contributed by atoms with Gasteiger partial charge in [-0.3, -0.25) is 0 Å². The molecule has 0 spiro atoms. The third kappa shape index (κ3) is 4.04. The van der Waals surface area contributed by atoms with Crippen LogP contribution in [0.15, 0.2) is 12.4 Å². The molecule has 0 unspecified atom stereocenters. The minimum absolute atomic E-state index is 0.305. The second-order valence-electron chi connectivity index (χ2n) is 4.81. The van der Waals surface area contributed by atoms with Gasteiger partial charge in [0.1, 0.15) is 18.0 Å². The molecule has 0 aliphatic carbocycles. The molecular formula is C12H22N4. The molecule has 1 rings (SSSR count). The van der Waals surface area contributed by atoms with E-state index in [9.17, 15) is 0 Å². The van der Waals surface area contributed by atoms with E-state index < -0.39 is 0 Å². The number of nitrogens with one attached hydrogen (secondary N) is 2. The van der Waals surface area contributed by atoms with Crippen molar-refractivity contribution in [1.29, 1.82) is 0 Å². The minimum atomic E-state index is 0.305. The van der Waals surface area contributed by atoms with Crippen LogP contribution in [0.5, 0.6) is 0 Å². The molecule has 1 aromatic rings. The summed E-state index contributed by atoms with van der Waals surface area (Å²) in [6.07, 6.45) is 3.99. The van der Waals surface area contributed by atoms with E-state index in [2.05, 4.69) is 41.4 Å². The Bertz CT molecular complexity index is 323. The highest BCUT2D eigenvalue weighted by atomic mass is 15.1. The molecule has 0 aromatic carbocycles. The maximum absolute atomic E-state index is 4.19. The number of anilines is 2. The Hall–Kier alpha value is -1.32. The average molecular weight is 222 g/mol. The van der Waals surface area contributed by atoms with Crippen molar-refractivity contribution < 1.29 is 0 Å². The van der Waals surface area contributed by atoms with Crippen LogP contribution in [-0.4, -0.2) is 23.6 Å². The van der Waals surface area contributed by atoms with E-state index in [4.69, 9.17) is 0 Å². The van der Waals surface area contributed by atoms with E-state index in [0.29, 0.717) is 5.41 Å². The van der Waals surface area contributed by atoms with E-state index in [-0.39, 0.29) is 0 Å². The first kappa shape index (κ1) is 12.7. The van der Waals surface area contributed by atoms with Crippen LogP contribution in [0.3, 0.4) is 0 Å². The van der Waals surface area contributed by atoms with Crippen LogP contribution in [0.4, 0.5) is 11.6 Å². The van der Waals surface area contributed by atoms with Gasteiger partial charge in [-0.05, 0) is 11.8 Å². The molecular weight excluding hydrogens is 200 g/mol. The predicted octanol–water partition coefficient (Wildman–Crippen LogP) is 2.76. The molecule has 0 saturated heterocycles. The van der Waals surface area contributed by atoms with Gasteiger partial charge in [-0.25, -0.2) is 9.97 Å². The Morgan fingerprint density at radius 1 is 1.25 bits per heavy atom.